The molecule has 3 aromatic rings. The first kappa shape index (κ1) is 20.5. The minimum absolute atomic E-state index is 0.217. The van der Waals surface area contributed by atoms with Crippen LogP contribution in [0.5, 0.6) is 17.2 Å². The second-order valence-corrected chi connectivity index (χ2v) is 7.32. The zero-order chi connectivity index (χ0) is 19.9. The Morgan fingerprint density at radius 2 is 1.46 bits per heavy atom. The van der Waals surface area contributed by atoms with Crippen LogP contribution in [0.15, 0.2) is 71.2 Å². The first-order chi connectivity index (χ1) is 13.5. The van der Waals surface area contributed by atoms with Crippen molar-refractivity contribution in [2.75, 3.05) is 13.2 Å². The molecule has 0 aromatic heterocycles. The highest BCUT2D eigenvalue weighted by Gasteiger charge is 2.15. The molecule has 0 atom stereocenters. The largest absolute Gasteiger partial charge is 0.490 e. The van der Waals surface area contributed by atoms with Crippen LogP contribution in [0, 0.1) is 0 Å². The molecule has 144 valence electrons. The van der Waals surface area contributed by atoms with E-state index in [-0.39, 0.29) is 10.8 Å². The maximum Gasteiger partial charge on any atom is 0.343 e. The van der Waals surface area contributed by atoms with Crippen LogP contribution in [0.1, 0.15) is 10.4 Å². The van der Waals surface area contributed by atoms with Crippen molar-refractivity contribution in [2.45, 2.75) is 0 Å². The molecule has 0 N–H and O–H groups in total. The van der Waals surface area contributed by atoms with Crippen LogP contribution in [-0.2, 0) is 0 Å². The summed E-state index contributed by atoms with van der Waals surface area (Å²) in [5, 5.41) is 0.681. The predicted molar refractivity (Wildman–Crippen MR) is 113 cm³/mol. The van der Waals surface area contributed by atoms with E-state index in [1.165, 1.54) is 6.07 Å². The summed E-state index contributed by atoms with van der Waals surface area (Å²) in [6.07, 6.45) is 0. The van der Waals surface area contributed by atoms with E-state index in [0.717, 1.165) is 5.75 Å². The number of carbonyl (C=O) groups excluding carboxylic acids is 1. The number of para-hydroxylation sites is 1. The minimum Gasteiger partial charge on any atom is -0.490 e. The van der Waals surface area contributed by atoms with Crippen molar-refractivity contribution in [3.05, 3.63) is 86.8 Å². The van der Waals surface area contributed by atoms with Gasteiger partial charge < -0.3 is 14.2 Å². The standard InChI is InChI=1S/C21H15BrCl2O4/c22-18-12-15(23)13-19(24)20(18)28-21(25)14-6-8-17(9-7-14)27-11-10-26-16-4-2-1-3-5-16/h1-9,12-13H,10-11H2. The maximum absolute atomic E-state index is 12.3. The monoisotopic (exact) mass is 480 g/mol. The number of halogens is 3. The Morgan fingerprint density at radius 1 is 0.857 bits per heavy atom. The molecule has 7 heteroatoms. The number of rotatable bonds is 7. The molecule has 0 saturated carbocycles. The summed E-state index contributed by atoms with van der Waals surface area (Å²) in [7, 11) is 0. The van der Waals surface area contributed by atoms with Crippen LogP contribution in [0.2, 0.25) is 10.0 Å². The molecule has 0 bridgehead atoms. The summed E-state index contributed by atoms with van der Waals surface area (Å²) in [5.74, 6) is 1.09. The minimum atomic E-state index is -0.538. The molecule has 0 saturated heterocycles. The molecule has 0 amide bonds. The number of hydrogen-bond donors (Lipinski definition) is 0. The van der Waals surface area contributed by atoms with E-state index < -0.39 is 5.97 Å². The average molecular weight is 482 g/mol. The van der Waals surface area contributed by atoms with Crippen molar-refractivity contribution in [3.8, 4) is 17.2 Å². The molecule has 3 rings (SSSR count). The smallest absolute Gasteiger partial charge is 0.343 e. The molecule has 0 radical (unpaired) electrons. The molecule has 0 aliphatic carbocycles. The van der Waals surface area contributed by atoms with Gasteiger partial charge in [-0.2, -0.15) is 0 Å². The van der Waals surface area contributed by atoms with Gasteiger partial charge in [0.2, 0.25) is 0 Å². The second-order valence-electron chi connectivity index (χ2n) is 5.62. The van der Waals surface area contributed by atoms with E-state index in [4.69, 9.17) is 37.4 Å². The van der Waals surface area contributed by atoms with Gasteiger partial charge in [-0.25, -0.2) is 4.79 Å². The van der Waals surface area contributed by atoms with Crippen molar-refractivity contribution in [1.82, 2.24) is 0 Å². The van der Waals surface area contributed by atoms with Crippen LogP contribution in [0.4, 0.5) is 0 Å². The molecule has 0 aliphatic rings. The Bertz CT molecular complexity index is 923. The molecular formula is C21H15BrCl2O4. The Kier molecular flexibility index (Phi) is 7.20. The van der Waals surface area contributed by atoms with Crippen molar-refractivity contribution < 1.29 is 19.0 Å². The zero-order valence-electron chi connectivity index (χ0n) is 14.5. The van der Waals surface area contributed by atoms with Gasteiger partial charge >= 0.3 is 5.97 Å². The van der Waals surface area contributed by atoms with Gasteiger partial charge in [0.25, 0.3) is 0 Å². The van der Waals surface area contributed by atoms with Crippen molar-refractivity contribution >= 4 is 45.1 Å². The summed E-state index contributed by atoms with van der Waals surface area (Å²) in [6.45, 7) is 0.795. The lowest BCUT2D eigenvalue weighted by Gasteiger charge is -2.10. The van der Waals surface area contributed by atoms with E-state index in [1.807, 2.05) is 30.3 Å². The Hall–Kier alpha value is -2.21. The van der Waals surface area contributed by atoms with Gasteiger partial charge in [-0.15, -0.1) is 0 Å². The van der Waals surface area contributed by atoms with E-state index in [9.17, 15) is 4.79 Å². The van der Waals surface area contributed by atoms with Gasteiger partial charge in [-0.1, -0.05) is 41.4 Å². The third kappa shape index (κ3) is 5.64. The summed E-state index contributed by atoms with van der Waals surface area (Å²) in [4.78, 5) is 12.3. The van der Waals surface area contributed by atoms with E-state index in [1.54, 1.807) is 30.3 Å². The first-order valence-electron chi connectivity index (χ1n) is 8.30. The van der Waals surface area contributed by atoms with Crippen molar-refractivity contribution in [3.63, 3.8) is 0 Å². The quantitative estimate of drug-likeness (QED) is 0.221. The third-order valence-electron chi connectivity index (χ3n) is 3.61. The van der Waals surface area contributed by atoms with Crippen LogP contribution >= 0.6 is 39.1 Å². The fraction of sp³-hybridized carbons (Fsp3) is 0.0952. The number of esters is 1. The Labute approximate surface area is 181 Å². The summed E-state index contributed by atoms with van der Waals surface area (Å²) >= 11 is 15.3. The van der Waals surface area contributed by atoms with Crippen LogP contribution in [0.3, 0.4) is 0 Å². The highest BCUT2D eigenvalue weighted by Crippen LogP contribution is 2.36. The lowest BCUT2D eigenvalue weighted by Crippen LogP contribution is -2.10. The maximum atomic E-state index is 12.3. The van der Waals surface area contributed by atoms with Gasteiger partial charge in [-0.05, 0) is 64.5 Å². The summed E-state index contributed by atoms with van der Waals surface area (Å²) in [6, 6.07) is 19.2. The number of carbonyl (C=O) groups is 1. The van der Waals surface area contributed by atoms with Gasteiger partial charge in [-0.3, -0.25) is 0 Å². The molecule has 0 unspecified atom stereocenters. The fourth-order valence-electron chi connectivity index (χ4n) is 2.30. The summed E-state index contributed by atoms with van der Waals surface area (Å²) in [5.41, 5.74) is 0.366. The Morgan fingerprint density at radius 3 is 2.07 bits per heavy atom. The van der Waals surface area contributed by atoms with Crippen LogP contribution < -0.4 is 14.2 Å². The SMILES string of the molecule is O=C(Oc1c(Cl)cc(Cl)cc1Br)c1ccc(OCCOc2ccccc2)cc1. The van der Waals surface area contributed by atoms with E-state index >= 15 is 0 Å². The molecule has 0 heterocycles. The van der Waals surface area contributed by atoms with E-state index in [0.29, 0.717) is 34.0 Å². The number of ether oxygens (including phenoxy) is 3. The molecule has 4 nitrogen and oxygen atoms in total. The van der Waals surface area contributed by atoms with Crippen molar-refractivity contribution in [2.24, 2.45) is 0 Å². The molecule has 0 aliphatic heterocycles. The predicted octanol–water partition coefficient (Wildman–Crippen LogP) is 6.43. The molecule has 3 aromatic carbocycles. The van der Waals surface area contributed by atoms with Gasteiger partial charge in [0.15, 0.2) is 5.75 Å². The van der Waals surface area contributed by atoms with Crippen LogP contribution in [-0.4, -0.2) is 19.2 Å². The van der Waals surface area contributed by atoms with Gasteiger partial charge in [0.05, 0.1) is 15.1 Å². The lowest BCUT2D eigenvalue weighted by molar-refractivity contribution is 0.0733. The fourth-order valence-corrected chi connectivity index (χ4v) is 3.62. The molecule has 28 heavy (non-hydrogen) atoms. The zero-order valence-corrected chi connectivity index (χ0v) is 17.6. The van der Waals surface area contributed by atoms with Gasteiger partial charge in [0, 0.05) is 5.02 Å². The lowest BCUT2D eigenvalue weighted by atomic mass is 10.2. The van der Waals surface area contributed by atoms with Crippen LogP contribution in [0.25, 0.3) is 0 Å². The van der Waals surface area contributed by atoms with E-state index in [2.05, 4.69) is 15.9 Å². The highest BCUT2D eigenvalue weighted by atomic mass is 79.9. The number of hydrogen-bond acceptors (Lipinski definition) is 4. The third-order valence-corrected chi connectivity index (χ3v) is 4.70. The average Bonchev–Trinajstić information content (AvgIpc) is 2.69. The topological polar surface area (TPSA) is 44.8 Å². The number of benzene rings is 3. The van der Waals surface area contributed by atoms with Crippen molar-refractivity contribution in [1.29, 1.82) is 0 Å². The van der Waals surface area contributed by atoms with Gasteiger partial charge in [0.1, 0.15) is 24.7 Å². The normalized spacial score (nSPS) is 10.4. The molecule has 0 spiro atoms. The summed E-state index contributed by atoms with van der Waals surface area (Å²) < 4.78 is 17.0. The molecular weight excluding hydrogens is 467 g/mol. The molecule has 0 fully saturated rings. The Balaban J connectivity index is 1.53. The second kappa shape index (κ2) is 9.82. The first-order valence-corrected chi connectivity index (χ1v) is 9.85. The highest BCUT2D eigenvalue weighted by molar-refractivity contribution is 9.10.